The highest BCUT2D eigenvalue weighted by atomic mass is 79.9. The molecule has 3 aromatic carbocycles. The zero-order chi connectivity index (χ0) is 18.8. The molecule has 1 aromatic heterocycles. The van der Waals surface area contributed by atoms with E-state index >= 15 is 0 Å². The van der Waals surface area contributed by atoms with Crippen molar-refractivity contribution in [2.24, 2.45) is 0 Å². The normalized spacial score (nSPS) is 10.7. The maximum atomic E-state index is 13.4. The third-order valence-electron chi connectivity index (χ3n) is 4.26. The Morgan fingerprint density at radius 1 is 0.778 bits per heavy atom. The minimum atomic E-state index is -0.302. The molecule has 0 amide bonds. The van der Waals surface area contributed by atoms with Gasteiger partial charge in [0.2, 0.25) is 5.78 Å². The van der Waals surface area contributed by atoms with Crippen molar-refractivity contribution in [2.45, 2.75) is 0 Å². The van der Waals surface area contributed by atoms with Gasteiger partial charge in [-0.2, -0.15) is 0 Å². The van der Waals surface area contributed by atoms with E-state index in [-0.39, 0.29) is 11.6 Å². The summed E-state index contributed by atoms with van der Waals surface area (Å²) in [4.78, 5) is 14.8. The standard InChI is InChI=1S/C23H14BrFOS/c24-20-19(15-11-13-18(25)14-12-15)23(21(26)16-7-3-1-4-8-16)27-22(20)17-9-5-2-6-10-17/h1-14H. The lowest BCUT2D eigenvalue weighted by atomic mass is 10.0. The minimum Gasteiger partial charge on any atom is -0.288 e. The highest BCUT2D eigenvalue weighted by Gasteiger charge is 2.24. The Bertz CT molecular complexity index is 1090. The van der Waals surface area contributed by atoms with Gasteiger partial charge in [-0.05, 0) is 39.2 Å². The van der Waals surface area contributed by atoms with Crippen LogP contribution in [0.25, 0.3) is 21.6 Å². The first-order chi connectivity index (χ1) is 13.1. The molecule has 1 nitrogen and oxygen atoms in total. The van der Waals surface area contributed by atoms with Gasteiger partial charge in [-0.25, -0.2) is 4.39 Å². The van der Waals surface area contributed by atoms with E-state index in [0.717, 1.165) is 26.0 Å². The van der Waals surface area contributed by atoms with Crippen molar-refractivity contribution in [1.82, 2.24) is 0 Å². The van der Waals surface area contributed by atoms with Crippen molar-refractivity contribution in [2.75, 3.05) is 0 Å². The monoisotopic (exact) mass is 436 g/mol. The molecule has 132 valence electrons. The van der Waals surface area contributed by atoms with Crippen LogP contribution in [0.4, 0.5) is 4.39 Å². The Balaban J connectivity index is 1.93. The van der Waals surface area contributed by atoms with Gasteiger partial charge >= 0.3 is 0 Å². The molecular weight excluding hydrogens is 423 g/mol. The van der Waals surface area contributed by atoms with E-state index in [9.17, 15) is 9.18 Å². The van der Waals surface area contributed by atoms with Gasteiger partial charge in [-0.3, -0.25) is 4.79 Å². The number of carbonyl (C=O) groups excluding carboxylic acids is 1. The van der Waals surface area contributed by atoms with Gasteiger partial charge < -0.3 is 0 Å². The van der Waals surface area contributed by atoms with Crippen LogP contribution in [0.3, 0.4) is 0 Å². The summed E-state index contributed by atoms with van der Waals surface area (Å²) in [7, 11) is 0. The zero-order valence-electron chi connectivity index (χ0n) is 14.2. The van der Waals surface area contributed by atoms with Crippen molar-refractivity contribution in [1.29, 1.82) is 0 Å². The number of thiophene rings is 1. The number of halogens is 2. The van der Waals surface area contributed by atoms with Gasteiger partial charge in [0.05, 0.1) is 4.88 Å². The summed E-state index contributed by atoms with van der Waals surface area (Å²) >= 11 is 5.15. The van der Waals surface area contributed by atoms with E-state index in [1.54, 1.807) is 12.1 Å². The van der Waals surface area contributed by atoms with Gasteiger partial charge in [0.1, 0.15) is 5.82 Å². The summed E-state index contributed by atoms with van der Waals surface area (Å²) in [6, 6.07) is 25.4. The molecule has 0 N–H and O–H groups in total. The third-order valence-corrected chi connectivity index (χ3v) is 6.55. The lowest BCUT2D eigenvalue weighted by molar-refractivity contribution is 0.104. The summed E-state index contributed by atoms with van der Waals surface area (Å²) in [5.41, 5.74) is 3.27. The van der Waals surface area contributed by atoms with E-state index in [1.807, 2.05) is 60.7 Å². The molecule has 0 unspecified atom stereocenters. The molecule has 4 rings (SSSR count). The van der Waals surface area contributed by atoms with Crippen molar-refractivity contribution in [3.63, 3.8) is 0 Å². The predicted octanol–water partition coefficient (Wildman–Crippen LogP) is 7.21. The number of hydrogen-bond donors (Lipinski definition) is 0. The van der Waals surface area contributed by atoms with Crippen LogP contribution in [0.1, 0.15) is 15.2 Å². The Labute approximate surface area is 169 Å². The number of benzene rings is 3. The summed E-state index contributed by atoms with van der Waals surface area (Å²) in [5, 5.41) is 0. The minimum absolute atomic E-state index is 0.0391. The molecule has 4 aromatic rings. The van der Waals surface area contributed by atoms with E-state index < -0.39 is 0 Å². The topological polar surface area (TPSA) is 17.1 Å². The maximum Gasteiger partial charge on any atom is 0.203 e. The van der Waals surface area contributed by atoms with Gasteiger partial charge in [-0.15, -0.1) is 11.3 Å². The molecule has 1 heterocycles. The highest BCUT2D eigenvalue weighted by molar-refractivity contribution is 9.10. The summed E-state index contributed by atoms with van der Waals surface area (Å²) in [5.74, 6) is -0.341. The van der Waals surface area contributed by atoms with Gasteiger partial charge in [0.15, 0.2) is 0 Å². The largest absolute Gasteiger partial charge is 0.288 e. The lowest BCUT2D eigenvalue weighted by Crippen LogP contribution is -2.00. The maximum absolute atomic E-state index is 13.4. The molecule has 0 radical (unpaired) electrons. The van der Waals surface area contributed by atoms with Crippen molar-refractivity contribution in [3.8, 4) is 21.6 Å². The van der Waals surface area contributed by atoms with E-state index in [2.05, 4.69) is 15.9 Å². The fourth-order valence-electron chi connectivity index (χ4n) is 2.94. The van der Waals surface area contributed by atoms with Crippen LogP contribution in [0.5, 0.6) is 0 Å². The first kappa shape index (κ1) is 17.8. The third kappa shape index (κ3) is 3.51. The molecule has 0 spiro atoms. The summed E-state index contributed by atoms with van der Waals surface area (Å²) in [6.07, 6.45) is 0. The first-order valence-electron chi connectivity index (χ1n) is 8.38. The van der Waals surface area contributed by atoms with Crippen molar-refractivity contribution in [3.05, 3.63) is 106 Å². The average molecular weight is 437 g/mol. The molecule has 0 fully saturated rings. The van der Waals surface area contributed by atoms with E-state index in [4.69, 9.17) is 0 Å². The lowest BCUT2D eigenvalue weighted by Gasteiger charge is -2.05. The second-order valence-electron chi connectivity index (χ2n) is 6.02. The highest BCUT2D eigenvalue weighted by Crippen LogP contribution is 2.46. The SMILES string of the molecule is O=C(c1ccccc1)c1sc(-c2ccccc2)c(Br)c1-c1ccc(F)cc1. The van der Waals surface area contributed by atoms with Crippen LogP contribution in [0, 0.1) is 5.82 Å². The molecule has 0 aliphatic carbocycles. The van der Waals surface area contributed by atoms with Gasteiger partial charge in [-0.1, -0.05) is 72.8 Å². The van der Waals surface area contributed by atoms with Crippen LogP contribution in [0.15, 0.2) is 89.4 Å². The smallest absolute Gasteiger partial charge is 0.203 e. The second kappa shape index (κ2) is 7.59. The molecule has 0 aliphatic heterocycles. The molecule has 4 heteroatoms. The molecule has 0 aliphatic rings. The molecule has 0 atom stereocenters. The Morgan fingerprint density at radius 3 is 2.00 bits per heavy atom. The fraction of sp³-hybridized carbons (Fsp3) is 0. The molecule has 27 heavy (non-hydrogen) atoms. The summed E-state index contributed by atoms with van der Waals surface area (Å²) in [6.45, 7) is 0. The Hall–Kier alpha value is -2.56. The van der Waals surface area contributed by atoms with Crippen LogP contribution in [0.2, 0.25) is 0 Å². The first-order valence-corrected chi connectivity index (χ1v) is 9.99. The average Bonchev–Trinajstić information content (AvgIpc) is 3.06. The Morgan fingerprint density at radius 2 is 1.37 bits per heavy atom. The number of ketones is 1. The molecule has 0 saturated heterocycles. The molecular formula is C23H14BrFOS. The quantitative estimate of drug-likeness (QED) is 0.308. The van der Waals surface area contributed by atoms with E-state index in [1.165, 1.54) is 23.5 Å². The second-order valence-corrected chi connectivity index (χ2v) is 7.83. The number of hydrogen-bond acceptors (Lipinski definition) is 2. The fourth-order valence-corrected chi connectivity index (χ4v) is 5.15. The molecule has 0 saturated carbocycles. The molecule has 0 bridgehead atoms. The van der Waals surface area contributed by atoms with Crippen LogP contribution < -0.4 is 0 Å². The van der Waals surface area contributed by atoms with Crippen LogP contribution >= 0.6 is 27.3 Å². The summed E-state index contributed by atoms with van der Waals surface area (Å²) < 4.78 is 14.3. The van der Waals surface area contributed by atoms with Crippen LogP contribution in [-0.2, 0) is 0 Å². The van der Waals surface area contributed by atoms with Crippen molar-refractivity contribution < 1.29 is 9.18 Å². The van der Waals surface area contributed by atoms with Gasteiger partial charge in [0, 0.05) is 20.5 Å². The van der Waals surface area contributed by atoms with Gasteiger partial charge in [0.25, 0.3) is 0 Å². The zero-order valence-corrected chi connectivity index (χ0v) is 16.6. The van der Waals surface area contributed by atoms with Crippen molar-refractivity contribution >= 4 is 33.0 Å². The number of rotatable bonds is 4. The van der Waals surface area contributed by atoms with Crippen LogP contribution in [-0.4, -0.2) is 5.78 Å². The predicted molar refractivity (Wildman–Crippen MR) is 113 cm³/mol. The number of carbonyl (C=O) groups is 1. The van der Waals surface area contributed by atoms with E-state index in [0.29, 0.717) is 10.4 Å². The Kier molecular flexibility index (Phi) is 5.01.